The highest BCUT2D eigenvalue weighted by molar-refractivity contribution is 7.12. The molecular formula is C15H28N2S. The molecule has 0 aliphatic carbocycles. The first-order valence-corrected chi connectivity index (χ1v) is 7.72. The first kappa shape index (κ1) is 15.7. The number of hydrogen-bond donors (Lipinski definition) is 1. The monoisotopic (exact) mass is 268 g/mol. The average Bonchev–Trinajstić information content (AvgIpc) is 2.62. The van der Waals surface area contributed by atoms with Crippen molar-refractivity contribution in [3.05, 3.63) is 21.9 Å². The fourth-order valence-electron chi connectivity index (χ4n) is 2.40. The second kappa shape index (κ2) is 6.69. The van der Waals surface area contributed by atoms with Crippen molar-refractivity contribution >= 4 is 11.3 Å². The van der Waals surface area contributed by atoms with Gasteiger partial charge in [-0.2, -0.15) is 0 Å². The Morgan fingerprint density at radius 3 is 2.11 bits per heavy atom. The van der Waals surface area contributed by atoms with E-state index in [1.165, 1.54) is 9.75 Å². The molecule has 1 aromatic heterocycles. The lowest BCUT2D eigenvalue weighted by Crippen LogP contribution is -2.44. The summed E-state index contributed by atoms with van der Waals surface area (Å²) in [6.07, 6.45) is 0. The van der Waals surface area contributed by atoms with Crippen LogP contribution in [0.15, 0.2) is 12.1 Å². The Morgan fingerprint density at radius 2 is 1.78 bits per heavy atom. The molecule has 18 heavy (non-hydrogen) atoms. The Hall–Kier alpha value is -0.380. The summed E-state index contributed by atoms with van der Waals surface area (Å²) in [5, 5.41) is 0. The second-order valence-electron chi connectivity index (χ2n) is 5.94. The van der Waals surface area contributed by atoms with E-state index in [-0.39, 0.29) is 6.04 Å². The van der Waals surface area contributed by atoms with Gasteiger partial charge in [0.05, 0.1) is 6.04 Å². The van der Waals surface area contributed by atoms with Crippen LogP contribution < -0.4 is 5.73 Å². The van der Waals surface area contributed by atoms with Gasteiger partial charge in [-0.1, -0.05) is 13.8 Å². The third-order valence-electron chi connectivity index (χ3n) is 3.15. The van der Waals surface area contributed by atoms with Gasteiger partial charge >= 0.3 is 0 Å². The number of thiophene rings is 1. The minimum absolute atomic E-state index is 0.157. The Morgan fingerprint density at radius 1 is 1.17 bits per heavy atom. The molecule has 0 amide bonds. The number of nitrogens with two attached hydrogens (primary N) is 1. The van der Waals surface area contributed by atoms with E-state index in [0.29, 0.717) is 18.0 Å². The van der Waals surface area contributed by atoms with Crippen LogP contribution in [0.3, 0.4) is 0 Å². The van der Waals surface area contributed by atoms with Crippen LogP contribution in [0.2, 0.25) is 0 Å². The zero-order chi connectivity index (χ0) is 13.9. The van der Waals surface area contributed by atoms with Gasteiger partial charge in [0.1, 0.15) is 0 Å². The largest absolute Gasteiger partial charge is 0.326 e. The van der Waals surface area contributed by atoms with Crippen LogP contribution in [0.4, 0.5) is 0 Å². The molecule has 2 atom stereocenters. The lowest BCUT2D eigenvalue weighted by Gasteiger charge is -2.38. The van der Waals surface area contributed by atoms with Gasteiger partial charge in [-0.05, 0) is 45.7 Å². The summed E-state index contributed by atoms with van der Waals surface area (Å²) >= 11 is 1.88. The number of hydrogen-bond acceptors (Lipinski definition) is 3. The van der Waals surface area contributed by atoms with Crippen molar-refractivity contribution in [3.63, 3.8) is 0 Å². The van der Waals surface area contributed by atoms with Crippen molar-refractivity contribution in [1.82, 2.24) is 4.90 Å². The van der Waals surface area contributed by atoms with E-state index in [2.05, 4.69) is 58.6 Å². The topological polar surface area (TPSA) is 29.3 Å². The van der Waals surface area contributed by atoms with Crippen LogP contribution in [0.25, 0.3) is 0 Å². The molecule has 0 spiro atoms. The molecule has 0 fully saturated rings. The molecule has 0 aliphatic rings. The molecule has 1 aromatic rings. The fourth-order valence-corrected chi connectivity index (χ4v) is 3.52. The minimum Gasteiger partial charge on any atom is -0.326 e. The Bertz CT molecular complexity index is 355. The Kier molecular flexibility index (Phi) is 5.83. The molecule has 2 N–H and O–H groups in total. The van der Waals surface area contributed by atoms with Crippen molar-refractivity contribution in [3.8, 4) is 0 Å². The van der Waals surface area contributed by atoms with Gasteiger partial charge in [-0.15, -0.1) is 11.3 Å². The molecule has 2 unspecified atom stereocenters. The highest BCUT2D eigenvalue weighted by Gasteiger charge is 2.27. The second-order valence-corrected chi connectivity index (χ2v) is 7.26. The van der Waals surface area contributed by atoms with Gasteiger partial charge in [0, 0.05) is 28.4 Å². The first-order valence-electron chi connectivity index (χ1n) is 6.90. The molecule has 0 aliphatic heterocycles. The Balaban J connectivity index is 3.01. The number of rotatable bonds is 6. The average molecular weight is 268 g/mol. The van der Waals surface area contributed by atoms with E-state index in [1.807, 2.05) is 11.3 Å². The van der Waals surface area contributed by atoms with E-state index < -0.39 is 0 Å². The van der Waals surface area contributed by atoms with E-state index in [1.54, 1.807) is 0 Å². The highest BCUT2D eigenvalue weighted by atomic mass is 32.1. The summed E-state index contributed by atoms with van der Waals surface area (Å²) in [5.74, 6) is 0.662. The molecule has 0 saturated carbocycles. The summed E-state index contributed by atoms with van der Waals surface area (Å²) < 4.78 is 0. The predicted octanol–water partition coefficient (Wildman–Crippen LogP) is 3.81. The first-order chi connectivity index (χ1) is 8.32. The summed E-state index contributed by atoms with van der Waals surface area (Å²) in [6.45, 7) is 14.4. The molecule has 0 saturated heterocycles. The van der Waals surface area contributed by atoms with E-state index in [0.717, 1.165) is 6.54 Å². The maximum absolute atomic E-state index is 6.26. The maximum atomic E-state index is 6.26. The molecule has 0 bridgehead atoms. The van der Waals surface area contributed by atoms with Gasteiger partial charge < -0.3 is 5.73 Å². The van der Waals surface area contributed by atoms with Crippen molar-refractivity contribution in [2.75, 3.05) is 6.54 Å². The number of aryl methyl sites for hydroxylation is 1. The summed E-state index contributed by atoms with van der Waals surface area (Å²) in [7, 11) is 0. The van der Waals surface area contributed by atoms with Crippen LogP contribution in [0, 0.1) is 12.8 Å². The van der Waals surface area contributed by atoms with Crippen LogP contribution in [-0.4, -0.2) is 23.5 Å². The van der Waals surface area contributed by atoms with Gasteiger partial charge in [-0.25, -0.2) is 0 Å². The van der Waals surface area contributed by atoms with Gasteiger partial charge in [-0.3, -0.25) is 4.90 Å². The zero-order valence-electron chi connectivity index (χ0n) is 12.6. The zero-order valence-corrected chi connectivity index (χ0v) is 13.4. The summed E-state index contributed by atoms with van der Waals surface area (Å²) in [5.41, 5.74) is 6.26. The van der Waals surface area contributed by atoms with Crippen molar-refractivity contribution in [2.24, 2.45) is 11.7 Å². The maximum Gasteiger partial charge on any atom is 0.0593 e. The highest BCUT2D eigenvalue weighted by Crippen LogP contribution is 2.31. The standard InChI is InChI=1S/C15H28N2S/c1-10(2)9-17(11(3)4)15(13(6)16)14-8-7-12(5)18-14/h7-8,10-11,13,15H,9,16H2,1-6H3. The number of nitrogens with zero attached hydrogens (tertiary/aromatic N) is 1. The lowest BCUT2D eigenvalue weighted by molar-refractivity contribution is 0.121. The van der Waals surface area contributed by atoms with Crippen LogP contribution >= 0.6 is 11.3 Å². The van der Waals surface area contributed by atoms with Gasteiger partial charge in [0.25, 0.3) is 0 Å². The predicted molar refractivity (Wildman–Crippen MR) is 82.1 cm³/mol. The van der Waals surface area contributed by atoms with Crippen LogP contribution in [0.5, 0.6) is 0 Å². The lowest BCUT2D eigenvalue weighted by atomic mass is 10.0. The van der Waals surface area contributed by atoms with Gasteiger partial charge in [0.15, 0.2) is 0 Å². The minimum atomic E-state index is 0.157. The molecule has 1 rings (SSSR count). The molecular weight excluding hydrogens is 240 g/mol. The van der Waals surface area contributed by atoms with E-state index in [9.17, 15) is 0 Å². The fraction of sp³-hybridized carbons (Fsp3) is 0.733. The molecule has 2 nitrogen and oxygen atoms in total. The molecule has 0 radical (unpaired) electrons. The summed E-state index contributed by atoms with van der Waals surface area (Å²) in [4.78, 5) is 5.31. The molecule has 104 valence electrons. The summed E-state index contributed by atoms with van der Waals surface area (Å²) in [6, 6.07) is 5.45. The molecule has 1 heterocycles. The quantitative estimate of drug-likeness (QED) is 0.850. The third-order valence-corrected chi connectivity index (χ3v) is 4.22. The third kappa shape index (κ3) is 4.08. The molecule has 3 heteroatoms. The van der Waals surface area contributed by atoms with Crippen LogP contribution in [-0.2, 0) is 0 Å². The normalized spacial score (nSPS) is 15.7. The molecule has 0 aromatic carbocycles. The van der Waals surface area contributed by atoms with Crippen LogP contribution in [0.1, 0.15) is 50.4 Å². The Labute approximate surface area is 116 Å². The SMILES string of the molecule is Cc1ccc(C(C(C)N)N(CC(C)C)C(C)C)s1. The van der Waals surface area contributed by atoms with E-state index in [4.69, 9.17) is 5.73 Å². The van der Waals surface area contributed by atoms with Crippen molar-refractivity contribution in [2.45, 2.75) is 59.7 Å². The van der Waals surface area contributed by atoms with Crippen molar-refractivity contribution < 1.29 is 0 Å². The smallest absolute Gasteiger partial charge is 0.0593 e. The van der Waals surface area contributed by atoms with E-state index >= 15 is 0 Å². The van der Waals surface area contributed by atoms with Crippen molar-refractivity contribution in [1.29, 1.82) is 0 Å². The van der Waals surface area contributed by atoms with Gasteiger partial charge in [0.2, 0.25) is 0 Å².